The van der Waals surface area contributed by atoms with Gasteiger partial charge in [0.2, 0.25) is 0 Å². The molecule has 0 aliphatic carbocycles. The Labute approximate surface area is 172 Å². The van der Waals surface area contributed by atoms with Crippen molar-refractivity contribution in [2.45, 2.75) is 26.7 Å². The first kappa shape index (κ1) is 19.0. The number of fused-ring (bicyclic) bond motifs is 1. The van der Waals surface area contributed by atoms with E-state index in [0.29, 0.717) is 0 Å². The Morgan fingerprint density at radius 3 is 2.34 bits per heavy atom. The highest BCUT2D eigenvalue weighted by Crippen LogP contribution is 2.36. The van der Waals surface area contributed by atoms with Gasteiger partial charge in [0.1, 0.15) is 5.75 Å². The van der Waals surface area contributed by atoms with Crippen LogP contribution in [0.3, 0.4) is 0 Å². The van der Waals surface area contributed by atoms with Crippen molar-refractivity contribution in [2.75, 3.05) is 6.61 Å². The van der Waals surface area contributed by atoms with Crippen LogP contribution in [0, 0.1) is 0 Å². The summed E-state index contributed by atoms with van der Waals surface area (Å²) >= 11 is 0. The molecule has 0 saturated heterocycles. The number of aromatic amines is 1. The predicted octanol–water partition coefficient (Wildman–Crippen LogP) is 6.72. The molecule has 0 atom stereocenters. The highest BCUT2D eigenvalue weighted by atomic mass is 16.5. The molecule has 4 aromatic rings. The third kappa shape index (κ3) is 4.09. The molecular weight excluding hydrogens is 356 g/mol. The number of nitrogens with zero attached hydrogens (tertiary/aromatic N) is 1. The summed E-state index contributed by atoms with van der Waals surface area (Å²) < 4.78 is 5.79. The van der Waals surface area contributed by atoms with Crippen LogP contribution in [0.4, 0.5) is 0 Å². The molecule has 3 heteroatoms. The number of ether oxygens (including phenoxy) is 1. The molecule has 0 unspecified atom stereocenters. The van der Waals surface area contributed by atoms with E-state index in [1.165, 1.54) is 27.8 Å². The van der Waals surface area contributed by atoms with Gasteiger partial charge in [-0.15, -0.1) is 0 Å². The third-order valence-corrected chi connectivity index (χ3v) is 5.12. The summed E-state index contributed by atoms with van der Waals surface area (Å²) in [6.45, 7) is 5.08. The maximum Gasteiger partial charge on any atom is 0.119 e. The van der Waals surface area contributed by atoms with Crippen molar-refractivity contribution >= 4 is 22.0 Å². The summed E-state index contributed by atoms with van der Waals surface area (Å²) in [5.41, 5.74) is 7.27. The van der Waals surface area contributed by atoms with E-state index in [1.807, 2.05) is 6.20 Å². The van der Waals surface area contributed by atoms with E-state index in [0.717, 1.165) is 36.1 Å². The summed E-state index contributed by atoms with van der Waals surface area (Å²) in [5, 5.41) is 8.34. The lowest BCUT2D eigenvalue weighted by atomic mass is 9.88. The fraction of sp³-hybridized carbons (Fsp3) is 0.192. The van der Waals surface area contributed by atoms with Gasteiger partial charge in [-0.1, -0.05) is 62.4 Å². The number of benzene rings is 3. The molecule has 1 aromatic heterocycles. The maximum absolute atomic E-state index is 5.79. The lowest BCUT2D eigenvalue weighted by Gasteiger charge is -2.17. The summed E-state index contributed by atoms with van der Waals surface area (Å²) in [6, 6.07) is 25.6. The molecule has 0 fully saturated rings. The average molecular weight is 383 g/mol. The number of hydrogen-bond donors (Lipinski definition) is 1. The van der Waals surface area contributed by atoms with E-state index in [4.69, 9.17) is 4.74 Å². The molecule has 0 saturated carbocycles. The van der Waals surface area contributed by atoms with Crippen LogP contribution in [0.5, 0.6) is 5.75 Å². The van der Waals surface area contributed by atoms with Crippen LogP contribution in [0.25, 0.3) is 22.0 Å². The number of rotatable bonds is 7. The molecule has 1 heterocycles. The van der Waals surface area contributed by atoms with E-state index in [-0.39, 0.29) is 0 Å². The number of allylic oxidation sites excluding steroid dienone is 1. The minimum Gasteiger partial charge on any atom is -0.494 e. The van der Waals surface area contributed by atoms with Crippen molar-refractivity contribution in [1.29, 1.82) is 0 Å². The molecule has 0 amide bonds. The Morgan fingerprint density at radius 2 is 1.62 bits per heavy atom. The molecule has 0 spiro atoms. The largest absolute Gasteiger partial charge is 0.494 e. The van der Waals surface area contributed by atoms with Crippen LogP contribution >= 0.6 is 0 Å². The van der Waals surface area contributed by atoms with Gasteiger partial charge in [-0.3, -0.25) is 5.10 Å². The van der Waals surface area contributed by atoms with Crippen molar-refractivity contribution in [2.24, 2.45) is 0 Å². The monoisotopic (exact) mass is 382 g/mol. The van der Waals surface area contributed by atoms with Crippen LogP contribution in [0.1, 0.15) is 43.4 Å². The molecule has 3 aromatic carbocycles. The van der Waals surface area contributed by atoms with Crippen LogP contribution in [-0.2, 0) is 0 Å². The second kappa shape index (κ2) is 8.78. The summed E-state index contributed by atoms with van der Waals surface area (Å²) in [5.74, 6) is 0.915. The zero-order chi connectivity index (χ0) is 20.1. The van der Waals surface area contributed by atoms with Gasteiger partial charge in [-0.25, -0.2) is 0 Å². The number of hydrogen-bond acceptors (Lipinski definition) is 2. The van der Waals surface area contributed by atoms with Crippen LogP contribution in [0.2, 0.25) is 0 Å². The molecule has 29 heavy (non-hydrogen) atoms. The van der Waals surface area contributed by atoms with Crippen molar-refractivity contribution in [3.8, 4) is 5.75 Å². The highest BCUT2D eigenvalue weighted by Gasteiger charge is 2.14. The molecule has 0 radical (unpaired) electrons. The molecule has 0 aliphatic rings. The first-order valence-corrected chi connectivity index (χ1v) is 10.3. The molecular formula is C26H26N2O. The van der Waals surface area contributed by atoms with Crippen molar-refractivity contribution in [1.82, 2.24) is 10.2 Å². The van der Waals surface area contributed by atoms with Gasteiger partial charge in [0.05, 0.1) is 18.3 Å². The number of aromatic nitrogens is 2. The van der Waals surface area contributed by atoms with Gasteiger partial charge in [-0.05, 0) is 64.9 Å². The second-order valence-corrected chi connectivity index (χ2v) is 7.12. The van der Waals surface area contributed by atoms with Gasteiger partial charge in [-0.2, -0.15) is 5.10 Å². The second-order valence-electron chi connectivity index (χ2n) is 7.12. The minimum absolute atomic E-state index is 0.740. The number of H-pyrrole nitrogens is 1. The minimum atomic E-state index is 0.740. The Bertz CT molecular complexity index is 1110. The van der Waals surface area contributed by atoms with E-state index in [9.17, 15) is 0 Å². The molecule has 0 bridgehead atoms. The van der Waals surface area contributed by atoms with Crippen LogP contribution < -0.4 is 4.74 Å². The quantitative estimate of drug-likeness (QED) is 0.360. The standard InChI is InChI=1S/C26H26N2O/c1-3-16-29-23-13-10-20(11-14-23)26(24(4-2)19-8-6-5-7-9-19)21-12-15-25-22(17-21)18-27-28-25/h5-15,17-18H,3-4,16H2,1-2H3,(H,27,28)/b26-24+. The molecule has 1 N–H and O–H groups in total. The molecule has 3 nitrogen and oxygen atoms in total. The Morgan fingerprint density at radius 1 is 0.862 bits per heavy atom. The van der Waals surface area contributed by atoms with E-state index < -0.39 is 0 Å². The fourth-order valence-electron chi connectivity index (χ4n) is 3.72. The van der Waals surface area contributed by atoms with E-state index in [1.54, 1.807) is 0 Å². The SMILES string of the molecule is CCCOc1ccc(/C(=C(/CC)c2ccccc2)c2ccc3[nH]ncc3c2)cc1. The highest BCUT2D eigenvalue weighted by molar-refractivity contribution is 6.00. The average Bonchev–Trinajstić information content (AvgIpc) is 3.25. The normalized spacial score (nSPS) is 12.1. The Balaban J connectivity index is 1.88. The number of nitrogens with one attached hydrogen (secondary N) is 1. The van der Waals surface area contributed by atoms with Gasteiger partial charge in [0.15, 0.2) is 0 Å². The Hall–Kier alpha value is -3.33. The fourth-order valence-corrected chi connectivity index (χ4v) is 3.72. The van der Waals surface area contributed by atoms with Gasteiger partial charge in [0.25, 0.3) is 0 Å². The Kier molecular flexibility index (Phi) is 5.76. The van der Waals surface area contributed by atoms with Crippen molar-refractivity contribution in [3.05, 3.63) is 95.7 Å². The van der Waals surface area contributed by atoms with Crippen molar-refractivity contribution in [3.63, 3.8) is 0 Å². The molecule has 146 valence electrons. The summed E-state index contributed by atoms with van der Waals surface area (Å²) in [7, 11) is 0. The topological polar surface area (TPSA) is 37.9 Å². The first-order chi connectivity index (χ1) is 14.3. The smallest absolute Gasteiger partial charge is 0.119 e. The zero-order valence-corrected chi connectivity index (χ0v) is 17.0. The first-order valence-electron chi connectivity index (χ1n) is 10.3. The van der Waals surface area contributed by atoms with Crippen molar-refractivity contribution < 1.29 is 4.74 Å². The zero-order valence-electron chi connectivity index (χ0n) is 17.0. The molecule has 4 rings (SSSR count). The lowest BCUT2D eigenvalue weighted by molar-refractivity contribution is 0.317. The predicted molar refractivity (Wildman–Crippen MR) is 121 cm³/mol. The van der Waals surface area contributed by atoms with Gasteiger partial charge in [0, 0.05) is 5.39 Å². The summed E-state index contributed by atoms with van der Waals surface area (Å²) in [4.78, 5) is 0. The van der Waals surface area contributed by atoms with Crippen LogP contribution in [0.15, 0.2) is 79.0 Å². The van der Waals surface area contributed by atoms with Gasteiger partial charge >= 0.3 is 0 Å². The molecule has 0 aliphatic heterocycles. The van der Waals surface area contributed by atoms with Crippen LogP contribution in [-0.4, -0.2) is 16.8 Å². The van der Waals surface area contributed by atoms with Gasteiger partial charge < -0.3 is 4.74 Å². The maximum atomic E-state index is 5.79. The van der Waals surface area contributed by atoms with E-state index >= 15 is 0 Å². The van der Waals surface area contributed by atoms with E-state index in [2.05, 4.69) is 96.8 Å². The third-order valence-electron chi connectivity index (χ3n) is 5.12. The lowest BCUT2D eigenvalue weighted by Crippen LogP contribution is -1.97. The summed E-state index contributed by atoms with van der Waals surface area (Å²) in [6.07, 6.45) is 3.83.